The Labute approximate surface area is 88.3 Å². The number of hydrogen-bond acceptors (Lipinski definition) is 3. The van der Waals surface area contributed by atoms with E-state index in [0.29, 0.717) is 5.92 Å². The number of sulfone groups is 1. The Hall–Kier alpha value is -1.10. The molecule has 1 aliphatic carbocycles. The van der Waals surface area contributed by atoms with Crippen molar-refractivity contribution >= 4 is 9.84 Å². The van der Waals surface area contributed by atoms with Crippen molar-refractivity contribution in [1.82, 2.24) is 4.98 Å². The summed E-state index contributed by atoms with van der Waals surface area (Å²) in [7, 11) is -3.40. The normalized spacial score (nSPS) is 16.6. The molecule has 0 atom stereocenters. The zero-order chi connectivity index (χ0) is 11.1. The molecule has 5 heteroatoms. The molecule has 1 fully saturated rings. The number of hydrogen-bond donors (Lipinski definition) is 1. The van der Waals surface area contributed by atoms with Gasteiger partial charge < -0.3 is 4.98 Å². The topological polar surface area (TPSA) is 67.0 Å². The summed E-state index contributed by atoms with van der Waals surface area (Å²) in [4.78, 5) is 13.8. The predicted octanol–water partition coefficient (Wildman–Crippen LogP) is 1.05. The van der Waals surface area contributed by atoms with Gasteiger partial charge in [-0.15, -0.1) is 0 Å². The fraction of sp³-hybridized carbons (Fsp3) is 0.500. The summed E-state index contributed by atoms with van der Waals surface area (Å²) >= 11 is 0. The molecule has 1 N–H and O–H groups in total. The summed E-state index contributed by atoms with van der Waals surface area (Å²) < 4.78 is 23.2. The molecule has 1 heterocycles. The standard InChI is InChI=1S/C10H13NO3S/c1-2-15(13,14)9-5-8(7-3-4-7)6-11-10(9)12/h5-7H,2-4H2,1H3,(H,11,12). The maximum absolute atomic E-state index is 11.6. The lowest BCUT2D eigenvalue weighted by atomic mass is 10.2. The lowest BCUT2D eigenvalue weighted by Crippen LogP contribution is -2.19. The fourth-order valence-corrected chi connectivity index (χ4v) is 2.49. The molecule has 82 valence electrons. The van der Waals surface area contributed by atoms with Crippen LogP contribution in [0.2, 0.25) is 0 Å². The van der Waals surface area contributed by atoms with E-state index < -0.39 is 15.4 Å². The highest BCUT2D eigenvalue weighted by Gasteiger charge is 2.26. The van der Waals surface area contributed by atoms with Crippen LogP contribution in [0.4, 0.5) is 0 Å². The van der Waals surface area contributed by atoms with Gasteiger partial charge in [-0.05, 0) is 30.4 Å². The first-order chi connectivity index (χ1) is 7.04. The number of nitrogens with one attached hydrogen (secondary N) is 1. The average molecular weight is 227 g/mol. The first-order valence-corrected chi connectivity index (χ1v) is 6.65. The monoisotopic (exact) mass is 227 g/mol. The van der Waals surface area contributed by atoms with E-state index in [-0.39, 0.29) is 10.6 Å². The number of rotatable bonds is 3. The van der Waals surface area contributed by atoms with Gasteiger partial charge >= 0.3 is 0 Å². The summed E-state index contributed by atoms with van der Waals surface area (Å²) in [6.45, 7) is 1.54. The summed E-state index contributed by atoms with van der Waals surface area (Å²) in [5, 5.41) is 0. The third kappa shape index (κ3) is 1.97. The Balaban J connectivity index is 2.54. The van der Waals surface area contributed by atoms with Crippen LogP contribution in [0.3, 0.4) is 0 Å². The van der Waals surface area contributed by atoms with Crippen LogP contribution in [0, 0.1) is 0 Å². The molecule has 1 aliphatic rings. The molecule has 2 rings (SSSR count). The van der Waals surface area contributed by atoms with Gasteiger partial charge in [-0.1, -0.05) is 6.92 Å². The summed E-state index contributed by atoms with van der Waals surface area (Å²) in [6.07, 6.45) is 3.78. The largest absolute Gasteiger partial charge is 0.328 e. The number of aromatic amines is 1. The highest BCUT2D eigenvalue weighted by atomic mass is 32.2. The van der Waals surface area contributed by atoms with E-state index >= 15 is 0 Å². The summed E-state index contributed by atoms with van der Waals surface area (Å²) in [6, 6.07) is 1.52. The Morgan fingerprint density at radius 3 is 2.67 bits per heavy atom. The molecule has 1 aromatic rings. The molecule has 0 amide bonds. The lowest BCUT2D eigenvalue weighted by molar-refractivity contribution is 0.595. The van der Waals surface area contributed by atoms with Gasteiger partial charge in [0.25, 0.3) is 5.56 Å². The van der Waals surface area contributed by atoms with E-state index in [4.69, 9.17) is 0 Å². The van der Waals surface area contributed by atoms with E-state index in [1.807, 2.05) is 0 Å². The van der Waals surface area contributed by atoms with Crippen molar-refractivity contribution in [2.24, 2.45) is 0 Å². The van der Waals surface area contributed by atoms with Crippen LogP contribution in [-0.4, -0.2) is 19.2 Å². The Kier molecular flexibility index (Phi) is 2.42. The van der Waals surface area contributed by atoms with Gasteiger partial charge in [0, 0.05) is 6.20 Å². The van der Waals surface area contributed by atoms with Crippen molar-refractivity contribution in [2.45, 2.75) is 30.6 Å². The maximum atomic E-state index is 11.6. The van der Waals surface area contributed by atoms with E-state index in [1.165, 1.54) is 6.07 Å². The minimum Gasteiger partial charge on any atom is -0.328 e. The molecule has 1 aromatic heterocycles. The number of H-pyrrole nitrogens is 1. The zero-order valence-corrected chi connectivity index (χ0v) is 9.30. The van der Waals surface area contributed by atoms with Crippen molar-refractivity contribution < 1.29 is 8.42 Å². The van der Waals surface area contributed by atoms with Crippen LogP contribution in [0.25, 0.3) is 0 Å². The number of pyridine rings is 1. The molecule has 0 aromatic carbocycles. The van der Waals surface area contributed by atoms with Crippen molar-refractivity contribution in [3.8, 4) is 0 Å². The fourth-order valence-electron chi connectivity index (χ4n) is 1.52. The first kappa shape index (κ1) is 10.4. The molecule has 4 nitrogen and oxygen atoms in total. The van der Waals surface area contributed by atoms with Crippen molar-refractivity contribution in [2.75, 3.05) is 5.75 Å². The van der Waals surface area contributed by atoms with Gasteiger partial charge in [0.15, 0.2) is 9.84 Å². The van der Waals surface area contributed by atoms with Crippen molar-refractivity contribution in [3.05, 3.63) is 28.2 Å². The van der Waals surface area contributed by atoms with Crippen LogP contribution in [0.15, 0.2) is 22.0 Å². The van der Waals surface area contributed by atoms with Gasteiger partial charge in [0.1, 0.15) is 4.90 Å². The van der Waals surface area contributed by atoms with Gasteiger partial charge in [-0.25, -0.2) is 8.42 Å². The third-order valence-corrected chi connectivity index (χ3v) is 4.39. The van der Waals surface area contributed by atoms with E-state index in [0.717, 1.165) is 18.4 Å². The molecular weight excluding hydrogens is 214 g/mol. The van der Waals surface area contributed by atoms with Gasteiger partial charge in [0.05, 0.1) is 5.75 Å². The first-order valence-electron chi connectivity index (χ1n) is 5.00. The molecule has 0 spiro atoms. The summed E-state index contributed by atoms with van der Waals surface area (Å²) in [5.41, 5.74) is 0.419. The molecular formula is C10H13NO3S. The molecule has 0 radical (unpaired) electrons. The highest BCUT2D eigenvalue weighted by Crippen LogP contribution is 2.39. The molecule has 0 bridgehead atoms. The van der Waals surface area contributed by atoms with Gasteiger partial charge in [-0.3, -0.25) is 4.79 Å². The van der Waals surface area contributed by atoms with Gasteiger partial charge in [-0.2, -0.15) is 0 Å². The van der Waals surface area contributed by atoms with Crippen LogP contribution in [0.5, 0.6) is 0 Å². The van der Waals surface area contributed by atoms with Crippen LogP contribution in [-0.2, 0) is 9.84 Å². The predicted molar refractivity (Wildman–Crippen MR) is 56.8 cm³/mol. The maximum Gasteiger partial charge on any atom is 0.266 e. The highest BCUT2D eigenvalue weighted by molar-refractivity contribution is 7.91. The third-order valence-electron chi connectivity index (χ3n) is 2.66. The minimum atomic E-state index is -3.40. The zero-order valence-electron chi connectivity index (χ0n) is 8.49. The molecule has 0 unspecified atom stereocenters. The second-order valence-electron chi connectivity index (χ2n) is 3.80. The Bertz CT molecular complexity index is 526. The van der Waals surface area contributed by atoms with Crippen LogP contribution in [0.1, 0.15) is 31.2 Å². The molecule has 0 saturated heterocycles. The molecule has 15 heavy (non-hydrogen) atoms. The average Bonchev–Trinajstić information content (AvgIpc) is 3.02. The van der Waals surface area contributed by atoms with Crippen LogP contribution < -0.4 is 5.56 Å². The Morgan fingerprint density at radius 2 is 2.13 bits per heavy atom. The molecule has 1 saturated carbocycles. The summed E-state index contributed by atoms with van der Waals surface area (Å²) in [5.74, 6) is 0.400. The molecule has 0 aliphatic heterocycles. The van der Waals surface area contributed by atoms with Gasteiger partial charge in [0.2, 0.25) is 0 Å². The van der Waals surface area contributed by atoms with E-state index in [2.05, 4.69) is 4.98 Å². The Morgan fingerprint density at radius 1 is 1.47 bits per heavy atom. The lowest BCUT2D eigenvalue weighted by Gasteiger charge is -2.02. The van der Waals surface area contributed by atoms with Crippen molar-refractivity contribution in [1.29, 1.82) is 0 Å². The minimum absolute atomic E-state index is 0.0375. The number of aromatic nitrogens is 1. The SMILES string of the molecule is CCS(=O)(=O)c1cc(C2CC2)c[nH]c1=O. The van der Waals surface area contributed by atoms with E-state index in [1.54, 1.807) is 13.1 Å². The van der Waals surface area contributed by atoms with Crippen molar-refractivity contribution in [3.63, 3.8) is 0 Å². The second kappa shape index (κ2) is 3.48. The smallest absolute Gasteiger partial charge is 0.266 e. The quantitative estimate of drug-likeness (QED) is 0.839. The second-order valence-corrected chi connectivity index (χ2v) is 6.05. The van der Waals surface area contributed by atoms with E-state index in [9.17, 15) is 13.2 Å². The van der Waals surface area contributed by atoms with Crippen LogP contribution >= 0.6 is 0 Å².